The molecule has 2 heterocycles. The maximum Gasteiger partial charge on any atom is 0.0652 e. The molecule has 11 unspecified atom stereocenters. The van der Waals surface area contributed by atoms with Crippen LogP contribution in [0.5, 0.6) is 0 Å². The molecule has 0 aromatic rings. The molecule has 0 N–H and O–H groups in total. The quantitative estimate of drug-likeness (QED) is 0.255. The molecule has 0 spiro atoms. The summed E-state index contributed by atoms with van der Waals surface area (Å²) in [6, 6.07) is 2.74. The van der Waals surface area contributed by atoms with Gasteiger partial charge >= 0.3 is 0 Å². The Morgan fingerprint density at radius 3 is 1.39 bits per heavy atom. The molecule has 0 aromatic carbocycles. The molecule has 11 fully saturated rings. The van der Waals surface area contributed by atoms with Crippen LogP contribution in [-0.4, -0.2) is 45.7 Å². The monoisotopic (exact) mass is 800 g/mol. The highest BCUT2D eigenvalue weighted by atomic mass is 32.2. The lowest BCUT2D eigenvalue weighted by Crippen LogP contribution is -2.53. The summed E-state index contributed by atoms with van der Waals surface area (Å²) in [7, 11) is 0. The average molecular weight is 800 g/mol. The van der Waals surface area contributed by atoms with Crippen molar-refractivity contribution in [1.82, 2.24) is 4.90 Å². The van der Waals surface area contributed by atoms with Crippen LogP contribution in [0.2, 0.25) is 0 Å². The smallest absolute Gasteiger partial charge is 0.0652 e. The van der Waals surface area contributed by atoms with E-state index in [1.54, 1.807) is 116 Å². The number of thioether (sulfide) groups is 1. The van der Waals surface area contributed by atoms with Crippen molar-refractivity contribution in [3.05, 3.63) is 0 Å². The van der Waals surface area contributed by atoms with Gasteiger partial charge in [-0.2, -0.15) is 11.8 Å². The number of ether oxygens (including phenoxy) is 1. The molecule has 11 atom stereocenters. The standard InChI is InChI=1S/C54H89NOS/c1-3-11-36(12-4-1)38-21-27-43(28-22-38)55(44-29-23-39(24-30-44)37-13-5-2-6-14-37)45-31-25-40(26-32-45)41-15-9-16-42(35-41)46-18-10-19-47-48-33-34-51-52(54(48)56-53(46)47)49-17-7-8-20-50(49)57-51/h36-54H,1-35H2. The van der Waals surface area contributed by atoms with Crippen molar-refractivity contribution in [2.45, 2.75) is 266 Å². The summed E-state index contributed by atoms with van der Waals surface area (Å²) in [5.41, 5.74) is 0. The fourth-order valence-corrected chi connectivity index (χ4v) is 21.0. The van der Waals surface area contributed by atoms with E-state index < -0.39 is 0 Å². The van der Waals surface area contributed by atoms with E-state index >= 15 is 0 Å². The van der Waals surface area contributed by atoms with Gasteiger partial charge in [-0.1, -0.05) is 103 Å². The molecule has 3 heteroatoms. The molecular formula is C54H89NOS. The summed E-state index contributed by atoms with van der Waals surface area (Å²) < 4.78 is 7.60. The molecule has 0 bridgehead atoms. The number of fused-ring (bicyclic) bond motifs is 7. The summed E-state index contributed by atoms with van der Waals surface area (Å²) in [5, 5.41) is 1.93. The highest BCUT2D eigenvalue weighted by molar-refractivity contribution is 8.00. The number of hydrogen-bond acceptors (Lipinski definition) is 3. The highest BCUT2D eigenvalue weighted by Crippen LogP contribution is 2.62. The van der Waals surface area contributed by atoms with Gasteiger partial charge in [0.15, 0.2) is 0 Å². The Balaban J connectivity index is 0.726. The van der Waals surface area contributed by atoms with Crippen molar-refractivity contribution in [2.24, 2.45) is 71.0 Å². The molecule has 9 aliphatic carbocycles. The lowest BCUT2D eigenvalue weighted by atomic mass is 9.60. The van der Waals surface area contributed by atoms with Crippen molar-refractivity contribution < 1.29 is 4.74 Å². The lowest BCUT2D eigenvalue weighted by Gasteiger charge is -2.51. The second-order valence-electron chi connectivity index (χ2n) is 23.9. The minimum absolute atomic E-state index is 0.634. The molecular weight excluding hydrogens is 711 g/mol. The Bertz CT molecular complexity index is 1230. The summed E-state index contributed by atoms with van der Waals surface area (Å²) in [5.74, 6) is 12.0. The zero-order valence-electron chi connectivity index (χ0n) is 37.0. The van der Waals surface area contributed by atoms with Gasteiger partial charge in [-0.3, -0.25) is 4.90 Å². The van der Waals surface area contributed by atoms with Crippen LogP contribution in [-0.2, 0) is 4.74 Å². The van der Waals surface area contributed by atoms with Gasteiger partial charge in [-0.05, 0) is 187 Å². The maximum atomic E-state index is 7.60. The first-order chi connectivity index (χ1) is 28.2. The minimum atomic E-state index is 0.634. The predicted octanol–water partition coefficient (Wildman–Crippen LogP) is 14.8. The van der Waals surface area contributed by atoms with E-state index in [1.165, 1.54) is 109 Å². The molecule has 11 aliphatic rings. The van der Waals surface area contributed by atoms with Gasteiger partial charge in [0.2, 0.25) is 0 Å². The molecule has 57 heavy (non-hydrogen) atoms. The fraction of sp³-hybridized carbons (Fsp3) is 1.00. The second-order valence-corrected chi connectivity index (χ2v) is 25.4. The van der Waals surface area contributed by atoms with Crippen LogP contribution in [0.25, 0.3) is 0 Å². The first kappa shape index (κ1) is 40.1. The zero-order valence-corrected chi connectivity index (χ0v) is 37.8. The molecule has 0 radical (unpaired) electrons. The average Bonchev–Trinajstić information content (AvgIpc) is 3.87. The number of hydrogen-bond donors (Lipinski definition) is 0. The van der Waals surface area contributed by atoms with E-state index in [1.807, 2.05) is 0 Å². The van der Waals surface area contributed by atoms with Gasteiger partial charge in [0.1, 0.15) is 0 Å². The van der Waals surface area contributed by atoms with Crippen LogP contribution in [0.4, 0.5) is 0 Å². The summed E-state index contributed by atoms with van der Waals surface area (Å²) in [4.78, 5) is 3.34. The SMILES string of the molecule is C1CCC(C2CCC(N(C3CCC(C4CCCCC4)CC3)C3CCC(C4CCCC(C5CCCC6C7CCC8SC9CCCCC9C8C7OC56)C4)CC3)CC2)CC1. The summed E-state index contributed by atoms with van der Waals surface area (Å²) >= 11 is 2.45. The molecule has 2 saturated heterocycles. The zero-order chi connectivity index (χ0) is 37.7. The molecule has 9 saturated carbocycles. The second kappa shape index (κ2) is 18.2. The molecule has 11 rings (SSSR count). The number of nitrogens with zero attached hydrogens (tertiary/aromatic N) is 1. The maximum absolute atomic E-state index is 7.60. The van der Waals surface area contributed by atoms with Crippen LogP contribution in [0, 0.1) is 71.0 Å². The molecule has 2 nitrogen and oxygen atoms in total. The lowest BCUT2D eigenvalue weighted by molar-refractivity contribution is -0.0769. The fourth-order valence-electron chi connectivity index (χ4n) is 18.9. The topological polar surface area (TPSA) is 12.5 Å². The van der Waals surface area contributed by atoms with E-state index in [9.17, 15) is 0 Å². The van der Waals surface area contributed by atoms with E-state index in [0.29, 0.717) is 12.2 Å². The van der Waals surface area contributed by atoms with Crippen molar-refractivity contribution in [1.29, 1.82) is 0 Å². The molecule has 322 valence electrons. The van der Waals surface area contributed by atoms with Gasteiger partial charge in [0, 0.05) is 34.5 Å². The third-order valence-corrected chi connectivity index (χ3v) is 23.4. The van der Waals surface area contributed by atoms with Gasteiger partial charge in [-0.15, -0.1) is 0 Å². The first-order valence-corrected chi connectivity index (χ1v) is 28.3. The van der Waals surface area contributed by atoms with Crippen molar-refractivity contribution in [3.8, 4) is 0 Å². The third kappa shape index (κ3) is 8.19. The first-order valence-electron chi connectivity index (χ1n) is 27.3. The van der Waals surface area contributed by atoms with E-state index in [-0.39, 0.29) is 0 Å². The van der Waals surface area contributed by atoms with E-state index in [4.69, 9.17) is 4.74 Å². The van der Waals surface area contributed by atoms with Crippen LogP contribution < -0.4 is 0 Å². The summed E-state index contributed by atoms with van der Waals surface area (Å²) in [6.45, 7) is 0. The minimum Gasteiger partial charge on any atom is -0.374 e. The molecule has 0 amide bonds. The molecule has 0 aromatic heterocycles. The Morgan fingerprint density at radius 1 is 0.298 bits per heavy atom. The Kier molecular flexibility index (Phi) is 12.8. The normalized spacial score (nSPS) is 50.2. The van der Waals surface area contributed by atoms with Gasteiger partial charge < -0.3 is 4.74 Å². The van der Waals surface area contributed by atoms with Gasteiger partial charge in [-0.25, -0.2) is 0 Å². The third-order valence-electron chi connectivity index (χ3n) is 21.5. The highest BCUT2D eigenvalue weighted by Gasteiger charge is 2.60. The van der Waals surface area contributed by atoms with E-state index in [0.717, 1.165) is 99.6 Å². The van der Waals surface area contributed by atoms with E-state index in [2.05, 4.69) is 16.7 Å². The van der Waals surface area contributed by atoms with Crippen molar-refractivity contribution in [2.75, 3.05) is 0 Å². The summed E-state index contributed by atoms with van der Waals surface area (Å²) in [6.07, 6.45) is 55.1. The Hall–Kier alpha value is 0.270. The largest absolute Gasteiger partial charge is 0.374 e. The van der Waals surface area contributed by atoms with Gasteiger partial charge in [0.25, 0.3) is 0 Å². The van der Waals surface area contributed by atoms with Gasteiger partial charge in [0.05, 0.1) is 12.2 Å². The Labute approximate surface area is 356 Å². The van der Waals surface area contributed by atoms with Crippen LogP contribution in [0.15, 0.2) is 0 Å². The predicted molar refractivity (Wildman–Crippen MR) is 241 cm³/mol. The Morgan fingerprint density at radius 2 is 0.754 bits per heavy atom. The van der Waals surface area contributed by atoms with Crippen LogP contribution in [0.1, 0.15) is 225 Å². The number of rotatable bonds is 7. The van der Waals surface area contributed by atoms with Crippen LogP contribution >= 0.6 is 11.8 Å². The molecule has 2 aliphatic heterocycles. The van der Waals surface area contributed by atoms with Crippen LogP contribution in [0.3, 0.4) is 0 Å². The van der Waals surface area contributed by atoms with Crippen molar-refractivity contribution >= 4 is 11.8 Å². The van der Waals surface area contributed by atoms with Crippen molar-refractivity contribution in [3.63, 3.8) is 0 Å².